The number of carbonyl (C=O) groups is 1. The van der Waals surface area contributed by atoms with Gasteiger partial charge in [0.25, 0.3) is 0 Å². The lowest BCUT2D eigenvalue weighted by Gasteiger charge is -2.10. The number of nitrogen functional groups attached to an aromatic ring is 1. The standard InChI is InChI=1S/C14H21NO6/c1-18-4-5-19-6-7-20-8-9-21-13-10-11(14(16)17)2-3-12(13)15/h2-3,10H,4-9,15H2,1H3,(H,16,17). The molecule has 0 amide bonds. The fourth-order valence-electron chi connectivity index (χ4n) is 1.47. The van der Waals surface area contributed by atoms with Crippen LogP contribution >= 0.6 is 0 Å². The lowest BCUT2D eigenvalue weighted by atomic mass is 10.2. The molecule has 0 fully saturated rings. The van der Waals surface area contributed by atoms with Crippen LogP contribution in [0.25, 0.3) is 0 Å². The van der Waals surface area contributed by atoms with Gasteiger partial charge in [-0.25, -0.2) is 4.79 Å². The van der Waals surface area contributed by atoms with Crippen LogP contribution in [0.4, 0.5) is 5.69 Å². The maximum atomic E-state index is 10.8. The van der Waals surface area contributed by atoms with Crippen molar-refractivity contribution in [3.8, 4) is 5.75 Å². The van der Waals surface area contributed by atoms with E-state index in [0.717, 1.165) is 0 Å². The van der Waals surface area contributed by atoms with Gasteiger partial charge in [-0.2, -0.15) is 0 Å². The summed E-state index contributed by atoms with van der Waals surface area (Å²) in [6, 6.07) is 4.33. The molecule has 0 saturated heterocycles. The number of ether oxygens (including phenoxy) is 4. The molecule has 7 nitrogen and oxygen atoms in total. The van der Waals surface area contributed by atoms with Crippen LogP contribution in [0.1, 0.15) is 10.4 Å². The number of hydrogen-bond donors (Lipinski definition) is 2. The topological polar surface area (TPSA) is 100 Å². The van der Waals surface area contributed by atoms with Crippen molar-refractivity contribution in [2.45, 2.75) is 0 Å². The molecule has 1 aromatic carbocycles. The van der Waals surface area contributed by atoms with Crippen LogP contribution in [0.3, 0.4) is 0 Å². The van der Waals surface area contributed by atoms with Crippen molar-refractivity contribution >= 4 is 11.7 Å². The molecule has 3 N–H and O–H groups in total. The Morgan fingerprint density at radius 1 is 1.10 bits per heavy atom. The molecule has 1 aromatic rings. The molecule has 0 spiro atoms. The van der Waals surface area contributed by atoms with E-state index in [1.165, 1.54) is 18.2 Å². The Morgan fingerprint density at radius 2 is 1.71 bits per heavy atom. The van der Waals surface area contributed by atoms with E-state index in [-0.39, 0.29) is 12.2 Å². The fourth-order valence-corrected chi connectivity index (χ4v) is 1.47. The maximum absolute atomic E-state index is 10.8. The second-order valence-electron chi connectivity index (χ2n) is 4.12. The van der Waals surface area contributed by atoms with Crippen molar-refractivity contribution in [2.24, 2.45) is 0 Å². The Bertz CT molecular complexity index is 437. The Kier molecular flexibility index (Phi) is 8.18. The quantitative estimate of drug-likeness (QED) is 0.465. The first-order valence-electron chi connectivity index (χ1n) is 6.55. The smallest absolute Gasteiger partial charge is 0.335 e. The van der Waals surface area contributed by atoms with Crippen molar-refractivity contribution in [1.82, 2.24) is 0 Å². The first-order valence-corrected chi connectivity index (χ1v) is 6.55. The molecular weight excluding hydrogens is 278 g/mol. The van der Waals surface area contributed by atoms with Gasteiger partial charge in [0.1, 0.15) is 12.4 Å². The molecule has 0 saturated carbocycles. The highest BCUT2D eigenvalue weighted by molar-refractivity contribution is 5.89. The number of methoxy groups -OCH3 is 1. The summed E-state index contributed by atoms with van der Waals surface area (Å²) in [5.74, 6) is -0.681. The van der Waals surface area contributed by atoms with Gasteiger partial charge in [-0.1, -0.05) is 0 Å². The Balaban J connectivity index is 2.18. The molecule has 0 aliphatic rings. The van der Waals surface area contributed by atoms with Gasteiger partial charge in [0.2, 0.25) is 0 Å². The van der Waals surface area contributed by atoms with Crippen LogP contribution in [0, 0.1) is 0 Å². The molecule has 0 aliphatic carbocycles. The van der Waals surface area contributed by atoms with Crippen LogP contribution in [0.15, 0.2) is 18.2 Å². The molecular formula is C14H21NO6. The molecule has 21 heavy (non-hydrogen) atoms. The largest absolute Gasteiger partial charge is 0.489 e. The normalized spacial score (nSPS) is 10.5. The third-order valence-electron chi connectivity index (χ3n) is 2.55. The number of benzene rings is 1. The van der Waals surface area contributed by atoms with Gasteiger partial charge in [-0.3, -0.25) is 0 Å². The summed E-state index contributed by atoms with van der Waals surface area (Å²) in [4.78, 5) is 10.8. The van der Waals surface area contributed by atoms with Gasteiger partial charge in [-0.05, 0) is 18.2 Å². The molecule has 7 heteroatoms. The van der Waals surface area contributed by atoms with Crippen LogP contribution in [0.5, 0.6) is 5.75 Å². The van der Waals surface area contributed by atoms with Gasteiger partial charge in [0, 0.05) is 7.11 Å². The number of nitrogens with two attached hydrogens (primary N) is 1. The first-order chi connectivity index (χ1) is 10.1. The predicted octanol–water partition coefficient (Wildman–Crippen LogP) is 1.03. The minimum Gasteiger partial charge on any atom is -0.489 e. The van der Waals surface area contributed by atoms with Crippen molar-refractivity contribution in [3.63, 3.8) is 0 Å². The number of carboxylic acid groups (broad SMARTS) is 1. The zero-order valence-electron chi connectivity index (χ0n) is 12.0. The summed E-state index contributed by atoms with van der Waals surface area (Å²) >= 11 is 0. The molecule has 0 atom stereocenters. The second kappa shape index (κ2) is 9.98. The number of anilines is 1. The number of carboxylic acids is 1. The fraction of sp³-hybridized carbons (Fsp3) is 0.500. The molecule has 0 aliphatic heterocycles. The average Bonchev–Trinajstić information content (AvgIpc) is 2.47. The third-order valence-corrected chi connectivity index (χ3v) is 2.55. The molecule has 0 aromatic heterocycles. The lowest BCUT2D eigenvalue weighted by Crippen LogP contribution is -2.13. The van der Waals surface area contributed by atoms with Crippen LogP contribution in [-0.2, 0) is 14.2 Å². The van der Waals surface area contributed by atoms with Gasteiger partial charge in [-0.15, -0.1) is 0 Å². The van der Waals surface area contributed by atoms with Gasteiger partial charge < -0.3 is 29.8 Å². The summed E-state index contributed by atoms with van der Waals surface area (Å²) < 4.78 is 20.8. The van der Waals surface area contributed by atoms with E-state index in [2.05, 4.69) is 0 Å². The van der Waals surface area contributed by atoms with Crippen LogP contribution in [-0.4, -0.2) is 57.8 Å². The monoisotopic (exact) mass is 299 g/mol. The van der Waals surface area contributed by atoms with E-state index in [1.807, 2.05) is 0 Å². The number of hydrogen-bond acceptors (Lipinski definition) is 6. The van der Waals surface area contributed by atoms with E-state index in [0.29, 0.717) is 44.5 Å². The molecule has 0 unspecified atom stereocenters. The van der Waals surface area contributed by atoms with Crippen LogP contribution in [0.2, 0.25) is 0 Å². The van der Waals surface area contributed by atoms with E-state index in [9.17, 15) is 4.79 Å². The summed E-state index contributed by atoms with van der Waals surface area (Å²) in [6.07, 6.45) is 0. The van der Waals surface area contributed by atoms with Gasteiger partial charge in [0.05, 0.1) is 44.3 Å². The summed E-state index contributed by atoms with van der Waals surface area (Å²) in [5, 5.41) is 8.89. The highest BCUT2D eigenvalue weighted by Crippen LogP contribution is 2.22. The van der Waals surface area contributed by atoms with Crippen molar-refractivity contribution in [2.75, 3.05) is 52.5 Å². The third kappa shape index (κ3) is 6.94. The van der Waals surface area contributed by atoms with Gasteiger partial charge in [0.15, 0.2) is 0 Å². The van der Waals surface area contributed by atoms with Crippen molar-refractivity contribution < 1.29 is 28.8 Å². The van der Waals surface area contributed by atoms with Crippen LogP contribution < -0.4 is 10.5 Å². The predicted molar refractivity (Wildman–Crippen MR) is 76.8 cm³/mol. The molecule has 118 valence electrons. The number of rotatable bonds is 11. The van der Waals surface area contributed by atoms with E-state index in [1.54, 1.807) is 7.11 Å². The summed E-state index contributed by atoms with van der Waals surface area (Å²) in [7, 11) is 1.61. The number of aromatic carboxylic acids is 1. The first kappa shape index (κ1) is 17.2. The highest BCUT2D eigenvalue weighted by Gasteiger charge is 2.07. The minimum absolute atomic E-state index is 0.131. The van der Waals surface area contributed by atoms with Crippen molar-refractivity contribution in [1.29, 1.82) is 0 Å². The molecule has 0 bridgehead atoms. The lowest BCUT2D eigenvalue weighted by molar-refractivity contribution is 0.0180. The van der Waals surface area contributed by atoms with Crippen molar-refractivity contribution in [3.05, 3.63) is 23.8 Å². The SMILES string of the molecule is COCCOCCOCCOc1cc(C(=O)O)ccc1N. The molecule has 0 radical (unpaired) electrons. The Labute approximate surface area is 123 Å². The average molecular weight is 299 g/mol. The Morgan fingerprint density at radius 3 is 2.33 bits per heavy atom. The molecule has 0 heterocycles. The minimum atomic E-state index is -1.02. The van der Waals surface area contributed by atoms with E-state index < -0.39 is 5.97 Å². The maximum Gasteiger partial charge on any atom is 0.335 e. The molecule has 1 rings (SSSR count). The zero-order valence-corrected chi connectivity index (χ0v) is 12.0. The highest BCUT2D eigenvalue weighted by atomic mass is 16.6. The summed E-state index contributed by atoms with van der Waals surface area (Å²) in [6.45, 7) is 2.69. The van der Waals surface area contributed by atoms with E-state index in [4.69, 9.17) is 29.8 Å². The van der Waals surface area contributed by atoms with E-state index >= 15 is 0 Å². The van der Waals surface area contributed by atoms with Gasteiger partial charge >= 0.3 is 5.97 Å². The second-order valence-corrected chi connectivity index (χ2v) is 4.12. The summed E-state index contributed by atoms with van der Waals surface area (Å²) in [5.41, 5.74) is 6.23. The zero-order chi connectivity index (χ0) is 15.5. The Hall–Kier alpha value is -1.83.